The largest absolute Gasteiger partial charge is 0.497 e. The number of hydrogen-bond acceptors (Lipinski definition) is 3. The number of thiocarbonyl (C=S) groups is 1. The third kappa shape index (κ3) is 5.26. The Morgan fingerprint density at radius 2 is 1.85 bits per heavy atom. The maximum atomic E-state index is 6.10. The summed E-state index contributed by atoms with van der Waals surface area (Å²) in [4.78, 5) is 2.15. The van der Waals surface area contributed by atoms with Crippen LogP contribution in [0, 0.1) is 0 Å². The molecule has 2 aromatic carbocycles. The molecule has 4 nitrogen and oxygen atoms in total. The minimum absolute atomic E-state index is 0.235. The average molecular weight is 393 g/mol. The highest BCUT2D eigenvalue weighted by atomic mass is 35.5. The van der Waals surface area contributed by atoms with Gasteiger partial charge in [-0.15, -0.1) is 0 Å². The van der Waals surface area contributed by atoms with Crippen molar-refractivity contribution in [3.8, 4) is 11.5 Å². The molecule has 1 unspecified atom stereocenters. The van der Waals surface area contributed by atoms with Gasteiger partial charge in [-0.3, -0.25) is 0 Å². The molecule has 0 heterocycles. The molecule has 2 aromatic rings. The van der Waals surface area contributed by atoms with Gasteiger partial charge in [-0.25, -0.2) is 0 Å². The highest BCUT2D eigenvalue weighted by molar-refractivity contribution is 7.80. The predicted molar refractivity (Wildman–Crippen MR) is 113 cm³/mol. The van der Waals surface area contributed by atoms with E-state index in [1.807, 2.05) is 24.3 Å². The van der Waals surface area contributed by atoms with E-state index in [1.54, 1.807) is 20.3 Å². The van der Waals surface area contributed by atoms with E-state index in [-0.39, 0.29) is 6.04 Å². The van der Waals surface area contributed by atoms with Crippen molar-refractivity contribution in [2.75, 3.05) is 26.1 Å². The van der Waals surface area contributed by atoms with Crippen LogP contribution in [0.5, 0.6) is 11.5 Å². The molecule has 0 aliphatic rings. The Hall–Kier alpha value is -1.98. The van der Waals surface area contributed by atoms with Crippen LogP contribution in [0.4, 0.5) is 5.69 Å². The number of anilines is 1. The van der Waals surface area contributed by atoms with E-state index in [4.69, 9.17) is 33.3 Å². The third-order valence-electron chi connectivity index (χ3n) is 4.23. The molecule has 6 heteroatoms. The molecule has 140 valence electrons. The van der Waals surface area contributed by atoms with E-state index in [2.05, 4.69) is 36.2 Å². The second-order valence-electron chi connectivity index (χ2n) is 5.96. The van der Waals surface area contributed by atoms with Crippen molar-refractivity contribution < 1.29 is 9.47 Å². The molecule has 0 saturated carbocycles. The molecular formula is C20H25ClN2O2S. The van der Waals surface area contributed by atoms with E-state index in [9.17, 15) is 0 Å². The van der Waals surface area contributed by atoms with Gasteiger partial charge in [0.05, 0.1) is 19.9 Å². The molecule has 0 aliphatic carbocycles. The molecule has 0 amide bonds. The standard InChI is InChI=1S/C20H25ClN2O2S/c1-5-23(14(2)12-15-6-9-17(24-3)10-7-15)20(26)22-18-13-16(21)8-11-19(18)25-4/h6-11,13-14H,5,12H2,1-4H3,(H,22,26). The zero-order valence-electron chi connectivity index (χ0n) is 15.6. The average Bonchev–Trinajstić information content (AvgIpc) is 2.63. The van der Waals surface area contributed by atoms with Gasteiger partial charge in [-0.05, 0) is 68.4 Å². The first kappa shape index (κ1) is 20.3. The number of hydrogen-bond donors (Lipinski definition) is 1. The third-order valence-corrected chi connectivity index (χ3v) is 4.80. The lowest BCUT2D eigenvalue weighted by Crippen LogP contribution is -2.42. The topological polar surface area (TPSA) is 33.7 Å². The van der Waals surface area contributed by atoms with Gasteiger partial charge in [0.15, 0.2) is 5.11 Å². The van der Waals surface area contributed by atoms with Crippen LogP contribution in [0.15, 0.2) is 42.5 Å². The minimum atomic E-state index is 0.235. The second-order valence-corrected chi connectivity index (χ2v) is 6.79. The summed E-state index contributed by atoms with van der Waals surface area (Å²) in [6, 6.07) is 13.8. The maximum absolute atomic E-state index is 6.10. The molecule has 0 aromatic heterocycles. The van der Waals surface area contributed by atoms with Crippen LogP contribution >= 0.6 is 23.8 Å². The molecule has 1 N–H and O–H groups in total. The van der Waals surface area contributed by atoms with Crippen LogP contribution in [0.25, 0.3) is 0 Å². The fourth-order valence-corrected chi connectivity index (χ4v) is 3.42. The molecule has 0 radical (unpaired) electrons. The van der Waals surface area contributed by atoms with Crippen molar-refractivity contribution in [2.24, 2.45) is 0 Å². The number of rotatable bonds is 7. The highest BCUT2D eigenvalue weighted by Crippen LogP contribution is 2.28. The van der Waals surface area contributed by atoms with Gasteiger partial charge in [-0.1, -0.05) is 23.7 Å². The Labute approximate surface area is 166 Å². The molecule has 1 atom stereocenters. The molecule has 0 spiro atoms. The van der Waals surface area contributed by atoms with Crippen molar-refractivity contribution in [2.45, 2.75) is 26.3 Å². The van der Waals surface area contributed by atoms with Crippen LogP contribution < -0.4 is 14.8 Å². The summed E-state index contributed by atoms with van der Waals surface area (Å²) in [5.74, 6) is 1.56. The van der Waals surface area contributed by atoms with Crippen LogP contribution in [-0.4, -0.2) is 36.8 Å². The van der Waals surface area contributed by atoms with Gasteiger partial charge < -0.3 is 19.7 Å². The van der Waals surface area contributed by atoms with Crippen molar-refractivity contribution in [1.29, 1.82) is 0 Å². The smallest absolute Gasteiger partial charge is 0.173 e. The summed E-state index contributed by atoms with van der Waals surface area (Å²) < 4.78 is 10.6. The number of methoxy groups -OCH3 is 2. The van der Waals surface area contributed by atoms with E-state index in [1.165, 1.54) is 5.56 Å². The Balaban J connectivity index is 2.08. The summed E-state index contributed by atoms with van der Waals surface area (Å²) in [5, 5.41) is 4.54. The molecular weight excluding hydrogens is 368 g/mol. The summed E-state index contributed by atoms with van der Waals surface area (Å²) in [5.41, 5.74) is 2.00. The molecule has 0 saturated heterocycles. The van der Waals surface area contributed by atoms with Gasteiger partial charge in [0.1, 0.15) is 11.5 Å². The predicted octanol–water partition coefficient (Wildman–Crippen LogP) is 5.01. The lowest BCUT2D eigenvalue weighted by atomic mass is 10.1. The van der Waals surface area contributed by atoms with Gasteiger partial charge >= 0.3 is 0 Å². The number of ether oxygens (including phenoxy) is 2. The SMILES string of the molecule is CCN(C(=S)Nc1cc(Cl)ccc1OC)C(C)Cc1ccc(OC)cc1. The minimum Gasteiger partial charge on any atom is -0.497 e. The first-order chi connectivity index (χ1) is 12.5. The van der Waals surface area contributed by atoms with Gasteiger partial charge in [-0.2, -0.15) is 0 Å². The first-order valence-corrected chi connectivity index (χ1v) is 9.31. The fourth-order valence-electron chi connectivity index (χ4n) is 2.83. The van der Waals surface area contributed by atoms with Crippen LogP contribution in [-0.2, 0) is 6.42 Å². The lowest BCUT2D eigenvalue weighted by Gasteiger charge is -2.31. The highest BCUT2D eigenvalue weighted by Gasteiger charge is 2.17. The van der Waals surface area contributed by atoms with Crippen molar-refractivity contribution in [3.05, 3.63) is 53.1 Å². The Kier molecular flexibility index (Phi) is 7.54. The number of nitrogens with one attached hydrogen (secondary N) is 1. The number of halogens is 1. The lowest BCUT2D eigenvalue weighted by molar-refractivity contribution is 0.347. The van der Waals surface area contributed by atoms with Gasteiger partial charge in [0.2, 0.25) is 0 Å². The monoisotopic (exact) mass is 392 g/mol. The molecule has 26 heavy (non-hydrogen) atoms. The normalized spacial score (nSPS) is 11.6. The molecule has 0 aliphatic heterocycles. The van der Waals surface area contributed by atoms with Crippen molar-refractivity contribution in [3.63, 3.8) is 0 Å². The first-order valence-electron chi connectivity index (χ1n) is 8.52. The van der Waals surface area contributed by atoms with Gasteiger partial charge in [0.25, 0.3) is 0 Å². The van der Waals surface area contributed by atoms with E-state index in [0.29, 0.717) is 15.9 Å². The van der Waals surface area contributed by atoms with Crippen molar-refractivity contribution >= 4 is 34.6 Å². The summed E-state index contributed by atoms with van der Waals surface area (Å²) in [6.45, 7) is 5.05. The number of nitrogens with zero attached hydrogens (tertiary/aromatic N) is 1. The number of benzene rings is 2. The zero-order valence-corrected chi connectivity index (χ0v) is 17.2. The van der Waals surface area contributed by atoms with Crippen LogP contribution in [0.3, 0.4) is 0 Å². The Bertz CT molecular complexity index is 737. The van der Waals surface area contributed by atoms with E-state index < -0.39 is 0 Å². The fraction of sp³-hybridized carbons (Fsp3) is 0.350. The van der Waals surface area contributed by atoms with Crippen LogP contribution in [0.2, 0.25) is 5.02 Å². The summed E-state index contributed by atoms with van der Waals surface area (Å²) in [6.07, 6.45) is 0.881. The zero-order chi connectivity index (χ0) is 19.1. The van der Waals surface area contributed by atoms with Gasteiger partial charge in [0, 0.05) is 17.6 Å². The maximum Gasteiger partial charge on any atom is 0.173 e. The quantitative estimate of drug-likeness (QED) is 0.670. The Morgan fingerprint density at radius 1 is 1.15 bits per heavy atom. The van der Waals surface area contributed by atoms with Crippen LogP contribution in [0.1, 0.15) is 19.4 Å². The number of likely N-dealkylation sites (N-methyl/N-ethyl adjacent to an activating group) is 1. The molecule has 0 bridgehead atoms. The second kappa shape index (κ2) is 9.64. The molecule has 0 fully saturated rings. The van der Waals surface area contributed by atoms with Crippen molar-refractivity contribution in [1.82, 2.24) is 4.90 Å². The summed E-state index contributed by atoms with van der Waals surface area (Å²) in [7, 11) is 3.30. The Morgan fingerprint density at radius 3 is 2.42 bits per heavy atom. The molecule has 2 rings (SSSR count). The summed E-state index contributed by atoms with van der Waals surface area (Å²) >= 11 is 11.7. The van der Waals surface area contributed by atoms with E-state index >= 15 is 0 Å². The van der Waals surface area contributed by atoms with E-state index in [0.717, 1.165) is 24.4 Å².